The number of unbranched alkanes of at least 4 members (excludes halogenated alkanes) is 2. The Balaban J connectivity index is 0.000000230. The number of hydrogen-bond acceptors (Lipinski definition) is 7. The Morgan fingerprint density at radius 2 is 1.91 bits per heavy atom. The van der Waals surface area contributed by atoms with Gasteiger partial charge in [0.15, 0.2) is 11.5 Å². The molecule has 1 aromatic heterocycles. The number of methoxy groups -OCH3 is 1. The molecule has 246 valence electrons. The normalized spacial score (nSPS) is 14.6. The van der Waals surface area contributed by atoms with E-state index in [2.05, 4.69) is 72.9 Å². The van der Waals surface area contributed by atoms with E-state index in [1.165, 1.54) is 56.2 Å². The Kier molecular flexibility index (Phi) is 17.9. The minimum absolute atomic E-state index is 0.287. The molecule has 0 spiro atoms. The molecule has 5 rings (SSSR count). The minimum atomic E-state index is 0.287. The van der Waals surface area contributed by atoms with E-state index < -0.39 is 0 Å². The molecular formula is C37H54N4O4. The molecule has 3 aromatic rings. The topological polar surface area (TPSA) is 69.1 Å². The fraction of sp³-hybridized carbons (Fsp3) is 0.514. The lowest BCUT2D eigenvalue weighted by Gasteiger charge is -2.21. The van der Waals surface area contributed by atoms with E-state index in [0.717, 1.165) is 49.4 Å². The number of terminal acetylenes is 1. The summed E-state index contributed by atoms with van der Waals surface area (Å²) >= 11 is 0. The summed E-state index contributed by atoms with van der Waals surface area (Å²) in [6.45, 7) is 10.5. The van der Waals surface area contributed by atoms with Crippen LogP contribution >= 0.6 is 0 Å². The van der Waals surface area contributed by atoms with Gasteiger partial charge in [-0.15, -0.1) is 12.8 Å². The molecule has 0 aliphatic carbocycles. The quantitative estimate of drug-likeness (QED) is 0.148. The SMILES string of the molecule is C#C.CCCCc1cccc(N(C)CCCC)c1.COc1cc(C)cc2c1OCO2.O=CCN1CCCC1CCn1cccn1. The third-order valence-corrected chi connectivity index (χ3v) is 7.88. The van der Waals surface area contributed by atoms with Gasteiger partial charge in [0.05, 0.1) is 13.7 Å². The van der Waals surface area contributed by atoms with E-state index in [0.29, 0.717) is 18.3 Å². The highest BCUT2D eigenvalue weighted by Gasteiger charge is 2.23. The van der Waals surface area contributed by atoms with Crippen LogP contribution in [0.1, 0.15) is 69.9 Å². The summed E-state index contributed by atoms with van der Waals surface area (Å²) in [5.74, 6) is 2.22. The maximum absolute atomic E-state index is 10.5. The molecule has 2 aromatic carbocycles. The van der Waals surface area contributed by atoms with Gasteiger partial charge in [-0.2, -0.15) is 5.10 Å². The van der Waals surface area contributed by atoms with Gasteiger partial charge in [0.2, 0.25) is 12.5 Å². The van der Waals surface area contributed by atoms with Gasteiger partial charge in [0, 0.05) is 44.3 Å². The first-order valence-corrected chi connectivity index (χ1v) is 16.2. The van der Waals surface area contributed by atoms with Crippen molar-refractivity contribution in [1.29, 1.82) is 0 Å². The number of carbonyl (C=O) groups excluding carboxylic acids is 1. The summed E-state index contributed by atoms with van der Waals surface area (Å²) < 4.78 is 17.5. The zero-order chi connectivity index (χ0) is 32.9. The van der Waals surface area contributed by atoms with Crippen LogP contribution in [0.5, 0.6) is 17.2 Å². The van der Waals surface area contributed by atoms with Crippen LogP contribution in [-0.2, 0) is 17.8 Å². The number of aromatic nitrogens is 2. The lowest BCUT2D eigenvalue weighted by atomic mass is 10.1. The van der Waals surface area contributed by atoms with Gasteiger partial charge < -0.3 is 23.9 Å². The molecule has 1 atom stereocenters. The standard InChI is InChI=1S/C15H25N.C11H17N3O.C9H10O3.C2H2/c1-4-6-9-14-10-8-11-15(13-14)16(3)12-7-5-2;15-10-9-13-6-1-3-11(13)4-8-14-7-2-5-12-14;1-6-3-7(10-2)9-8(4-6)11-5-12-9;1-2/h8,10-11,13H,4-7,9,12H2,1-3H3;2,5,7,10-11H,1,3-4,6,8-9H2;3-4H,5H2,1-2H3;1-2H. The predicted molar refractivity (Wildman–Crippen MR) is 184 cm³/mol. The number of aryl methyl sites for hydroxylation is 3. The first-order chi connectivity index (χ1) is 22.0. The van der Waals surface area contributed by atoms with Crippen LogP contribution in [0.3, 0.4) is 0 Å². The van der Waals surface area contributed by atoms with E-state index in [-0.39, 0.29) is 6.79 Å². The Morgan fingerprint density at radius 3 is 2.60 bits per heavy atom. The van der Waals surface area contributed by atoms with E-state index in [1.807, 2.05) is 36.0 Å². The van der Waals surface area contributed by atoms with Crippen LogP contribution in [0.25, 0.3) is 0 Å². The molecule has 0 amide bonds. The first-order valence-electron chi connectivity index (χ1n) is 16.2. The van der Waals surface area contributed by atoms with Gasteiger partial charge in [-0.1, -0.05) is 38.8 Å². The fourth-order valence-corrected chi connectivity index (χ4v) is 5.39. The molecule has 8 nitrogen and oxygen atoms in total. The largest absolute Gasteiger partial charge is 0.493 e. The van der Waals surface area contributed by atoms with E-state index in [4.69, 9.17) is 14.2 Å². The number of hydrogen-bond donors (Lipinski definition) is 0. The number of ether oxygens (including phenoxy) is 3. The lowest BCUT2D eigenvalue weighted by molar-refractivity contribution is -0.109. The van der Waals surface area contributed by atoms with Crippen molar-refractivity contribution in [3.63, 3.8) is 0 Å². The number of benzene rings is 2. The molecule has 0 saturated carbocycles. The van der Waals surface area contributed by atoms with Gasteiger partial charge in [-0.3, -0.25) is 9.58 Å². The van der Waals surface area contributed by atoms with Crippen molar-refractivity contribution in [2.24, 2.45) is 0 Å². The molecular weight excluding hydrogens is 564 g/mol. The second kappa shape index (κ2) is 21.7. The minimum Gasteiger partial charge on any atom is -0.493 e. The van der Waals surface area contributed by atoms with Gasteiger partial charge in [0.25, 0.3) is 0 Å². The highest BCUT2D eigenvalue weighted by molar-refractivity contribution is 5.54. The third kappa shape index (κ3) is 12.9. The lowest BCUT2D eigenvalue weighted by Crippen LogP contribution is -2.31. The molecule has 0 N–H and O–H groups in total. The molecule has 8 heteroatoms. The van der Waals surface area contributed by atoms with Crippen LogP contribution in [-0.4, -0.2) is 67.6 Å². The third-order valence-electron chi connectivity index (χ3n) is 7.88. The van der Waals surface area contributed by atoms with Crippen molar-refractivity contribution < 1.29 is 19.0 Å². The molecule has 2 aliphatic heterocycles. The maximum atomic E-state index is 10.5. The summed E-state index contributed by atoms with van der Waals surface area (Å²) in [6, 6.07) is 15.3. The van der Waals surface area contributed by atoms with E-state index in [1.54, 1.807) is 13.3 Å². The molecule has 3 heterocycles. The van der Waals surface area contributed by atoms with Crippen molar-refractivity contribution in [2.75, 3.05) is 45.5 Å². The van der Waals surface area contributed by atoms with Crippen LogP contribution in [0.4, 0.5) is 5.69 Å². The monoisotopic (exact) mass is 618 g/mol. The summed E-state index contributed by atoms with van der Waals surface area (Å²) in [5.41, 5.74) is 3.95. The molecule has 1 saturated heterocycles. The summed E-state index contributed by atoms with van der Waals surface area (Å²) in [6.07, 6.45) is 22.6. The highest BCUT2D eigenvalue weighted by Crippen LogP contribution is 2.41. The maximum Gasteiger partial charge on any atom is 0.231 e. The molecule has 45 heavy (non-hydrogen) atoms. The number of nitrogens with zero attached hydrogens (tertiary/aromatic N) is 4. The van der Waals surface area contributed by atoms with Crippen molar-refractivity contribution in [1.82, 2.24) is 14.7 Å². The van der Waals surface area contributed by atoms with Crippen molar-refractivity contribution in [3.8, 4) is 30.1 Å². The van der Waals surface area contributed by atoms with Crippen LogP contribution in [0.2, 0.25) is 0 Å². The number of fused-ring (bicyclic) bond motifs is 1. The van der Waals surface area contributed by atoms with Crippen LogP contribution in [0, 0.1) is 19.8 Å². The van der Waals surface area contributed by atoms with Gasteiger partial charge in [-0.05, 0) is 93.5 Å². The van der Waals surface area contributed by atoms with Gasteiger partial charge >= 0.3 is 0 Å². The number of likely N-dealkylation sites (tertiary alicyclic amines) is 1. The Labute approximate surface area is 271 Å². The Morgan fingerprint density at radius 1 is 1.11 bits per heavy atom. The Hall–Kier alpha value is -3.96. The molecule has 2 aliphatic rings. The van der Waals surface area contributed by atoms with Crippen LogP contribution in [0.15, 0.2) is 54.9 Å². The zero-order valence-corrected chi connectivity index (χ0v) is 28.1. The second-order valence-electron chi connectivity index (χ2n) is 11.3. The summed E-state index contributed by atoms with van der Waals surface area (Å²) in [5, 5.41) is 4.18. The zero-order valence-electron chi connectivity index (χ0n) is 28.1. The van der Waals surface area contributed by atoms with Crippen molar-refractivity contribution in [2.45, 2.75) is 84.7 Å². The van der Waals surface area contributed by atoms with Gasteiger partial charge in [-0.25, -0.2) is 0 Å². The van der Waals surface area contributed by atoms with Crippen molar-refractivity contribution >= 4 is 12.0 Å². The molecule has 1 fully saturated rings. The van der Waals surface area contributed by atoms with Gasteiger partial charge in [0.1, 0.15) is 6.29 Å². The number of rotatable bonds is 13. The average Bonchev–Trinajstić information content (AvgIpc) is 3.86. The van der Waals surface area contributed by atoms with Crippen LogP contribution < -0.4 is 19.1 Å². The average molecular weight is 619 g/mol. The summed E-state index contributed by atoms with van der Waals surface area (Å²) in [4.78, 5) is 15.1. The van der Waals surface area contributed by atoms with E-state index >= 15 is 0 Å². The molecule has 0 radical (unpaired) electrons. The number of anilines is 1. The predicted octanol–water partition coefficient (Wildman–Crippen LogP) is 7.18. The Bertz CT molecular complexity index is 1240. The summed E-state index contributed by atoms with van der Waals surface area (Å²) in [7, 11) is 3.81. The van der Waals surface area contributed by atoms with Crippen molar-refractivity contribution in [3.05, 3.63) is 66.0 Å². The molecule has 1 unspecified atom stereocenters. The molecule has 0 bridgehead atoms. The highest BCUT2D eigenvalue weighted by atomic mass is 16.7. The number of aldehydes is 1. The smallest absolute Gasteiger partial charge is 0.231 e. The second-order valence-corrected chi connectivity index (χ2v) is 11.3. The number of carbonyl (C=O) groups is 1. The van der Waals surface area contributed by atoms with E-state index in [9.17, 15) is 4.79 Å². The fourth-order valence-electron chi connectivity index (χ4n) is 5.39. The first kappa shape index (κ1) is 37.2.